The molecule has 9 heteroatoms. The first-order chi connectivity index (χ1) is 18.4. The Morgan fingerprint density at radius 3 is 2.68 bits per heavy atom. The molecule has 0 amide bonds. The van der Waals surface area contributed by atoms with Gasteiger partial charge in [0, 0.05) is 35.6 Å². The number of rotatable bonds is 7. The van der Waals surface area contributed by atoms with Crippen molar-refractivity contribution in [1.29, 1.82) is 0 Å². The van der Waals surface area contributed by atoms with Crippen molar-refractivity contribution in [3.63, 3.8) is 0 Å². The number of phenolic OH excluding ortho intramolecular Hbond substituents is 1. The fraction of sp³-hybridized carbons (Fsp3) is 0.345. The molecule has 0 atom stereocenters. The van der Waals surface area contributed by atoms with Crippen molar-refractivity contribution in [2.75, 3.05) is 12.4 Å². The summed E-state index contributed by atoms with van der Waals surface area (Å²) >= 11 is 0. The summed E-state index contributed by atoms with van der Waals surface area (Å²) in [5.74, 6) is 1.11. The SMILES string of the molecule is CCc1cc(O)ccc1/N=C(\N)c1cnn2cc(-c3cnc(OC)cc3C)cc2c1N[C@H]1CC[C@H](O)CC1. The fourth-order valence-electron chi connectivity index (χ4n) is 5.07. The minimum absolute atomic E-state index is 0.193. The molecule has 1 fully saturated rings. The fourth-order valence-corrected chi connectivity index (χ4v) is 5.07. The molecule has 1 aliphatic rings. The van der Waals surface area contributed by atoms with Crippen LogP contribution in [-0.4, -0.2) is 49.9 Å². The highest BCUT2D eigenvalue weighted by molar-refractivity contribution is 6.06. The number of aromatic nitrogens is 3. The van der Waals surface area contributed by atoms with Crippen LogP contribution in [0.25, 0.3) is 16.6 Å². The molecule has 4 aromatic rings. The third kappa shape index (κ3) is 5.15. The number of aliphatic hydroxyl groups excluding tert-OH is 1. The van der Waals surface area contributed by atoms with E-state index in [1.807, 2.05) is 36.8 Å². The van der Waals surface area contributed by atoms with E-state index < -0.39 is 0 Å². The van der Waals surface area contributed by atoms with E-state index in [1.54, 1.807) is 31.5 Å². The van der Waals surface area contributed by atoms with Gasteiger partial charge in [-0.25, -0.2) is 14.5 Å². The van der Waals surface area contributed by atoms with Crippen LogP contribution in [-0.2, 0) is 6.42 Å². The molecule has 1 aliphatic carbocycles. The van der Waals surface area contributed by atoms with Crippen LogP contribution in [0.2, 0.25) is 0 Å². The first-order valence-electron chi connectivity index (χ1n) is 13.0. The van der Waals surface area contributed by atoms with E-state index >= 15 is 0 Å². The Morgan fingerprint density at radius 1 is 1.18 bits per heavy atom. The summed E-state index contributed by atoms with van der Waals surface area (Å²) in [6, 6.07) is 9.29. The van der Waals surface area contributed by atoms with Crippen LogP contribution in [0.5, 0.6) is 11.6 Å². The molecular formula is C29H34N6O3. The first kappa shape index (κ1) is 25.5. The van der Waals surface area contributed by atoms with Gasteiger partial charge in [-0.2, -0.15) is 5.10 Å². The maximum Gasteiger partial charge on any atom is 0.213 e. The summed E-state index contributed by atoms with van der Waals surface area (Å²) in [5.41, 5.74) is 13.7. The number of nitrogens with one attached hydrogen (secondary N) is 1. The van der Waals surface area contributed by atoms with E-state index in [0.717, 1.165) is 59.1 Å². The molecule has 5 rings (SSSR count). The van der Waals surface area contributed by atoms with Gasteiger partial charge in [0.05, 0.1) is 41.9 Å². The number of pyridine rings is 1. The van der Waals surface area contributed by atoms with Gasteiger partial charge >= 0.3 is 0 Å². The Hall–Kier alpha value is -4.11. The van der Waals surface area contributed by atoms with Gasteiger partial charge in [-0.1, -0.05) is 6.92 Å². The monoisotopic (exact) mass is 514 g/mol. The lowest BCUT2D eigenvalue weighted by Crippen LogP contribution is -2.29. The number of phenols is 1. The van der Waals surface area contributed by atoms with Gasteiger partial charge < -0.3 is 26.0 Å². The molecule has 5 N–H and O–H groups in total. The van der Waals surface area contributed by atoms with Gasteiger partial charge in [0.1, 0.15) is 11.6 Å². The van der Waals surface area contributed by atoms with Crippen molar-refractivity contribution in [3.05, 3.63) is 65.6 Å². The quantitative estimate of drug-likeness (QED) is 0.207. The number of amidine groups is 1. The minimum Gasteiger partial charge on any atom is -0.508 e. The zero-order chi connectivity index (χ0) is 26.8. The van der Waals surface area contributed by atoms with Crippen LogP contribution < -0.4 is 15.8 Å². The van der Waals surface area contributed by atoms with Gasteiger partial charge in [-0.3, -0.25) is 0 Å². The van der Waals surface area contributed by atoms with E-state index in [2.05, 4.69) is 21.5 Å². The number of aliphatic imine (C=N–C) groups is 1. The highest BCUT2D eigenvalue weighted by atomic mass is 16.5. The molecule has 1 aromatic carbocycles. The normalized spacial score (nSPS) is 18.1. The molecule has 0 radical (unpaired) electrons. The Morgan fingerprint density at radius 2 is 1.97 bits per heavy atom. The third-order valence-electron chi connectivity index (χ3n) is 7.25. The number of aryl methyl sites for hydroxylation is 2. The molecule has 1 saturated carbocycles. The largest absolute Gasteiger partial charge is 0.508 e. The molecular weight excluding hydrogens is 480 g/mol. The van der Waals surface area contributed by atoms with E-state index in [1.165, 1.54) is 0 Å². The number of nitrogens with two attached hydrogens (primary N) is 1. The van der Waals surface area contributed by atoms with Crippen LogP contribution in [0.15, 0.2) is 53.9 Å². The molecule has 9 nitrogen and oxygen atoms in total. The van der Waals surface area contributed by atoms with Crippen LogP contribution >= 0.6 is 0 Å². The lowest BCUT2D eigenvalue weighted by molar-refractivity contribution is 0.126. The average molecular weight is 515 g/mol. The van der Waals surface area contributed by atoms with Crippen LogP contribution in [0.1, 0.15) is 49.3 Å². The van der Waals surface area contributed by atoms with Gasteiger partial charge in [0.2, 0.25) is 5.88 Å². The first-order valence-corrected chi connectivity index (χ1v) is 13.0. The maximum atomic E-state index is 10.0. The Kier molecular flexibility index (Phi) is 7.20. The number of aromatic hydroxyl groups is 1. The molecule has 198 valence electrons. The summed E-state index contributed by atoms with van der Waals surface area (Å²) in [6.45, 7) is 4.04. The smallest absolute Gasteiger partial charge is 0.213 e. The second-order valence-corrected chi connectivity index (χ2v) is 9.85. The summed E-state index contributed by atoms with van der Waals surface area (Å²) in [6.07, 6.45) is 9.23. The van der Waals surface area contributed by atoms with Crippen molar-refractivity contribution in [3.8, 4) is 22.8 Å². The number of nitrogens with zero attached hydrogens (tertiary/aromatic N) is 4. The highest BCUT2D eigenvalue weighted by Crippen LogP contribution is 2.33. The Labute approximate surface area is 222 Å². The second kappa shape index (κ2) is 10.7. The minimum atomic E-state index is -0.246. The van der Waals surface area contributed by atoms with Crippen molar-refractivity contribution < 1.29 is 14.9 Å². The summed E-state index contributed by atoms with van der Waals surface area (Å²) in [7, 11) is 1.61. The van der Waals surface area contributed by atoms with Crippen molar-refractivity contribution in [2.24, 2.45) is 10.7 Å². The second-order valence-electron chi connectivity index (χ2n) is 9.85. The third-order valence-corrected chi connectivity index (χ3v) is 7.25. The van der Waals surface area contributed by atoms with E-state index in [0.29, 0.717) is 29.4 Å². The standard InChI is InChI=1S/C29H34N6O3/c1-4-18-12-22(37)9-10-25(18)34-29(30)24-15-32-35-16-19(23-14-31-27(38-3)11-17(23)2)13-26(35)28(24)33-20-5-7-21(36)8-6-20/h9-16,20-21,33,36-37H,4-8H2,1-3H3,(H2,30,34)/t20-,21-. The predicted octanol–water partition coefficient (Wildman–Crippen LogP) is 4.73. The van der Waals surface area contributed by atoms with Crippen molar-refractivity contribution in [1.82, 2.24) is 14.6 Å². The molecule has 3 aromatic heterocycles. The van der Waals surface area contributed by atoms with Crippen LogP contribution in [0.4, 0.5) is 11.4 Å². The number of ether oxygens (including phenoxy) is 1. The summed E-state index contributed by atoms with van der Waals surface area (Å²) in [5, 5.41) is 28.3. The summed E-state index contributed by atoms with van der Waals surface area (Å²) < 4.78 is 7.11. The molecule has 3 heterocycles. The molecule has 0 spiro atoms. The topological polar surface area (TPSA) is 130 Å². The van der Waals surface area contributed by atoms with Crippen LogP contribution in [0.3, 0.4) is 0 Å². The van der Waals surface area contributed by atoms with Gasteiger partial charge in [0.25, 0.3) is 0 Å². The van der Waals surface area contributed by atoms with E-state index in [4.69, 9.17) is 15.5 Å². The maximum absolute atomic E-state index is 10.0. The van der Waals surface area contributed by atoms with Gasteiger partial charge in [-0.15, -0.1) is 0 Å². The van der Waals surface area contributed by atoms with Gasteiger partial charge in [0.15, 0.2) is 0 Å². The highest BCUT2D eigenvalue weighted by Gasteiger charge is 2.23. The Bertz CT molecular complexity index is 1490. The number of aliphatic hydroxyl groups is 1. The molecule has 0 aliphatic heterocycles. The number of hydrogen-bond acceptors (Lipinski definition) is 7. The molecule has 0 bridgehead atoms. The number of anilines is 1. The molecule has 0 saturated heterocycles. The zero-order valence-electron chi connectivity index (χ0n) is 22.0. The number of benzene rings is 1. The van der Waals surface area contributed by atoms with E-state index in [-0.39, 0.29) is 17.9 Å². The van der Waals surface area contributed by atoms with Gasteiger partial charge in [-0.05, 0) is 74.4 Å². The van der Waals surface area contributed by atoms with E-state index in [9.17, 15) is 10.2 Å². The lowest BCUT2D eigenvalue weighted by Gasteiger charge is -2.28. The molecule has 0 unspecified atom stereocenters. The Balaban J connectivity index is 1.61. The summed E-state index contributed by atoms with van der Waals surface area (Å²) in [4.78, 5) is 9.14. The zero-order valence-corrected chi connectivity index (χ0v) is 22.0. The number of methoxy groups -OCH3 is 1. The van der Waals surface area contributed by atoms with Crippen LogP contribution in [0, 0.1) is 6.92 Å². The number of hydrogen-bond donors (Lipinski definition) is 4. The lowest BCUT2D eigenvalue weighted by atomic mass is 9.93. The predicted molar refractivity (Wildman–Crippen MR) is 149 cm³/mol. The average Bonchev–Trinajstić information content (AvgIpc) is 3.35. The molecule has 38 heavy (non-hydrogen) atoms. The number of fused-ring (bicyclic) bond motifs is 1. The van der Waals surface area contributed by atoms with Crippen molar-refractivity contribution in [2.45, 2.75) is 58.1 Å². The van der Waals surface area contributed by atoms with Crippen molar-refractivity contribution >= 4 is 22.7 Å².